The molecule has 0 aliphatic carbocycles. The quantitative estimate of drug-likeness (QED) is 0.129. The van der Waals surface area contributed by atoms with Gasteiger partial charge < -0.3 is 19.3 Å². The van der Waals surface area contributed by atoms with Crippen LogP contribution in [-0.4, -0.2) is 4.57 Å². The SMILES string of the molecule is c1ccc(-c2cccc(-n3c4ccccc4c4cc(N(c5cccc(N(c6ccccc6)c6ccccc6)c5)c5cccc(N(c6ccccc6)c6ccccc6)c5)ccc43)c2)cc1. The fourth-order valence-electron chi connectivity index (χ4n) is 9.03. The molecule has 0 N–H and O–H groups in total. The molecule has 0 spiro atoms. The first-order valence-corrected chi connectivity index (χ1v) is 21.8. The van der Waals surface area contributed by atoms with Gasteiger partial charge in [0.05, 0.1) is 11.0 Å². The fraction of sp³-hybridized carbons (Fsp3) is 0. The van der Waals surface area contributed by atoms with Crippen LogP contribution in [0.3, 0.4) is 0 Å². The van der Waals surface area contributed by atoms with E-state index in [2.05, 4.69) is 286 Å². The Morgan fingerprint density at radius 3 is 1.08 bits per heavy atom. The summed E-state index contributed by atoms with van der Waals surface area (Å²) in [6, 6.07) is 95.4. The Balaban J connectivity index is 1.11. The normalized spacial score (nSPS) is 11.1. The second-order valence-corrected chi connectivity index (χ2v) is 15.9. The monoisotopic (exact) mass is 820 g/mol. The molecule has 11 aromatic rings. The van der Waals surface area contributed by atoms with E-state index in [4.69, 9.17) is 0 Å². The summed E-state index contributed by atoms with van der Waals surface area (Å²) < 4.78 is 2.40. The van der Waals surface area contributed by atoms with Crippen LogP contribution in [0, 0.1) is 0 Å². The van der Waals surface area contributed by atoms with Crippen LogP contribution in [0.25, 0.3) is 38.6 Å². The number of para-hydroxylation sites is 5. The number of rotatable bonds is 11. The Bertz CT molecular complexity index is 3120. The van der Waals surface area contributed by atoms with Crippen molar-refractivity contribution < 1.29 is 0 Å². The molecular formula is C60H44N4. The van der Waals surface area contributed by atoms with E-state index in [0.29, 0.717) is 0 Å². The highest BCUT2D eigenvalue weighted by Crippen LogP contribution is 2.45. The first kappa shape index (κ1) is 38.3. The Morgan fingerprint density at radius 2 is 0.578 bits per heavy atom. The van der Waals surface area contributed by atoms with Gasteiger partial charge in [-0.3, -0.25) is 0 Å². The van der Waals surface area contributed by atoms with E-state index in [1.807, 2.05) is 0 Å². The third kappa shape index (κ3) is 7.33. The molecule has 11 rings (SSSR count). The molecule has 0 bridgehead atoms. The van der Waals surface area contributed by atoms with Crippen molar-refractivity contribution in [3.05, 3.63) is 267 Å². The number of hydrogen-bond donors (Lipinski definition) is 0. The molecule has 0 fully saturated rings. The molecule has 1 aromatic heterocycles. The van der Waals surface area contributed by atoms with Crippen LogP contribution in [0.4, 0.5) is 51.2 Å². The highest BCUT2D eigenvalue weighted by molar-refractivity contribution is 6.11. The van der Waals surface area contributed by atoms with Crippen molar-refractivity contribution in [2.75, 3.05) is 14.7 Å². The average molecular weight is 821 g/mol. The van der Waals surface area contributed by atoms with E-state index >= 15 is 0 Å². The number of nitrogens with zero attached hydrogens (tertiary/aromatic N) is 4. The second kappa shape index (κ2) is 17.0. The summed E-state index contributed by atoms with van der Waals surface area (Å²) in [6.45, 7) is 0. The molecule has 4 heteroatoms. The summed E-state index contributed by atoms with van der Waals surface area (Å²) in [7, 11) is 0. The molecule has 0 saturated carbocycles. The topological polar surface area (TPSA) is 14.7 Å². The largest absolute Gasteiger partial charge is 0.310 e. The summed E-state index contributed by atoms with van der Waals surface area (Å²) in [4.78, 5) is 7.05. The molecule has 1 heterocycles. The van der Waals surface area contributed by atoms with Crippen LogP contribution >= 0.6 is 0 Å². The summed E-state index contributed by atoms with van der Waals surface area (Å²) in [5.74, 6) is 0. The van der Waals surface area contributed by atoms with E-state index in [-0.39, 0.29) is 0 Å². The summed E-state index contributed by atoms with van der Waals surface area (Å²) in [5.41, 5.74) is 15.4. The van der Waals surface area contributed by atoms with Crippen LogP contribution in [0.2, 0.25) is 0 Å². The number of hydrogen-bond acceptors (Lipinski definition) is 3. The van der Waals surface area contributed by atoms with Crippen LogP contribution < -0.4 is 14.7 Å². The van der Waals surface area contributed by atoms with Crippen LogP contribution in [-0.2, 0) is 0 Å². The minimum absolute atomic E-state index is 1.04. The highest BCUT2D eigenvalue weighted by Gasteiger charge is 2.21. The van der Waals surface area contributed by atoms with E-state index < -0.39 is 0 Å². The third-order valence-electron chi connectivity index (χ3n) is 11.9. The lowest BCUT2D eigenvalue weighted by atomic mass is 10.1. The predicted octanol–water partition coefficient (Wildman–Crippen LogP) is 16.9. The molecule has 0 amide bonds. The van der Waals surface area contributed by atoms with Crippen molar-refractivity contribution >= 4 is 73.0 Å². The van der Waals surface area contributed by atoms with Crippen molar-refractivity contribution in [3.8, 4) is 16.8 Å². The highest BCUT2D eigenvalue weighted by atomic mass is 15.2. The smallest absolute Gasteiger partial charge is 0.0542 e. The van der Waals surface area contributed by atoms with E-state index in [1.54, 1.807) is 0 Å². The van der Waals surface area contributed by atoms with Gasteiger partial charge in [-0.1, -0.05) is 146 Å². The first-order chi connectivity index (χ1) is 31.8. The Kier molecular flexibility index (Phi) is 10.2. The van der Waals surface area contributed by atoms with Crippen molar-refractivity contribution in [1.82, 2.24) is 4.57 Å². The maximum absolute atomic E-state index is 2.40. The van der Waals surface area contributed by atoms with Gasteiger partial charge in [-0.15, -0.1) is 0 Å². The third-order valence-corrected chi connectivity index (χ3v) is 11.9. The molecule has 0 aliphatic rings. The summed E-state index contributed by atoms with van der Waals surface area (Å²) in [5, 5.41) is 2.38. The zero-order valence-electron chi connectivity index (χ0n) is 35.2. The molecule has 0 unspecified atom stereocenters. The Morgan fingerprint density at radius 1 is 0.219 bits per heavy atom. The number of benzene rings is 10. The maximum atomic E-state index is 2.40. The second-order valence-electron chi connectivity index (χ2n) is 15.9. The van der Waals surface area contributed by atoms with Gasteiger partial charge >= 0.3 is 0 Å². The molecule has 4 nitrogen and oxygen atoms in total. The van der Waals surface area contributed by atoms with Gasteiger partial charge in [0.1, 0.15) is 0 Å². The molecule has 0 saturated heterocycles. The fourth-order valence-corrected chi connectivity index (χ4v) is 9.03. The van der Waals surface area contributed by atoms with Gasteiger partial charge in [0.25, 0.3) is 0 Å². The molecule has 64 heavy (non-hydrogen) atoms. The zero-order chi connectivity index (χ0) is 42.7. The van der Waals surface area contributed by atoms with E-state index in [9.17, 15) is 0 Å². The molecule has 304 valence electrons. The number of anilines is 9. The first-order valence-electron chi connectivity index (χ1n) is 21.8. The molecule has 0 atom stereocenters. The van der Waals surface area contributed by atoms with Crippen LogP contribution in [0.5, 0.6) is 0 Å². The Labute approximate surface area is 374 Å². The standard InChI is InChI=1S/C60H44N4/c1-6-21-45(22-7-1)46-23-18-32-51(41-46)64-59-38-17-16-37-57(59)58-44-56(39-40-60(58)64)63(54-35-19-33-52(42-54)61(47-24-8-2-9-25-47)48-26-10-3-11-27-48)55-36-20-34-53(43-55)62(49-28-12-4-13-29-49)50-30-14-5-15-31-50/h1-44H. The predicted molar refractivity (Wildman–Crippen MR) is 270 cm³/mol. The van der Waals surface area contributed by atoms with E-state index in [1.165, 1.54) is 21.9 Å². The Hall–Kier alpha value is -8.60. The minimum atomic E-state index is 1.04. The van der Waals surface area contributed by atoms with Gasteiger partial charge in [0.15, 0.2) is 0 Å². The van der Waals surface area contributed by atoms with Gasteiger partial charge in [0, 0.05) is 67.6 Å². The molecule has 0 aliphatic heterocycles. The molecular weight excluding hydrogens is 777 g/mol. The maximum Gasteiger partial charge on any atom is 0.0542 e. The van der Waals surface area contributed by atoms with Gasteiger partial charge in [-0.2, -0.15) is 0 Å². The van der Waals surface area contributed by atoms with Gasteiger partial charge in [-0.25, -0.2) is 0 Å². The van der Waals surface area contributed by atoms with Crippen molar-refractivity contribution in [3.63, 3.8) is 0 Å². The van der Waals surface area contributed by atoms with Crippen molar-refractivity contribution in [2.24, 2.45) is 0 Å². The summed E-state index contributed by atoms with van der Waals surface area (Å²) in [6.07, 6.45) is 0. The van der Waals surface area contributed by atoms with Gasteiger partial charge in [0.2, 0.25) is 0 Å². The lowest BCUT2D eigenvalue weighted by Gasteiger charge is -2.31. The van der Waals surface area contributed by atoms with Crippen molar-refractivity contribution in [2.45, 2.75) is 0 Å². The minimum Gasteiger partial charge on any atom is -0.310 e. The molecule has 10 aromatic carbocycles. The van der Waals surface area contributed by atoms with Crippen molar-refractivity contribution in [1.29, 1.82) is 0 Å². The number of aromatic nitrogens is 1. The zero-order valence-corrected chi connectivity index (χ0v) is 35.2. The van der Waals surface area contributed by atoms with Gasteiger partial charge in [-0.05, 0) is 132 Å². The summed E-state index contributed by atoms with van der Waals surface area (Å²) >= 11 is 0. The number of fused-ring (bicyclic) bond motifs is 3. The lowest BCUT2D eigenvalue weighted by molar-refractivity contribution is 1.18. The van der Waals surface area contributed by atoms with Crippen LogP contribution in [0.15, 0.2) is 267 Å². The van der Waals surface area contributed by atoms with Crippen LogP contribution in [0.1, 0.15) is 0 Å². The lowest BCUT2D eigenvalue weighted by Crippen LogP contribution is -2.14. The molecule has 0 radical (unpaired) electrons. The van der Waals surface area contributed by atoms with E-state index in [0.717, 1.165) is 67.9 Å². The average Bonchev–Trinajstić information content (AvgIpc) is 3.70.